The third-order valence-corrected chi connectivity index (χ3v) is 5.18. The molecule has 1 N–H and O–H groups in total. The molecule has 0 atom stereocenters. The highest BCUT2D eigenvalue weighted by atomic mass is 35.5. The number of aromatic nitrogens is 3. The quantitative estimate of drug-likeness (QED) is 0.608. The molecule has 1 saturated carbocycles. The fraction of sp³-hybridized carbons (Fsp3) is 0.222. The predicted molar refractivity (Wildman–Crippen MR) is 100 cm³/mol. The van der Waals surface area contributed by atoms with Crippen molar-refractivity contribution in [2.75, 3.05) is 11.1 Å². The summed E-state index contributed by atoms with van der Waals surface area (Å²) in [5.41, 5.74) is 1.11. The first-order chi connectivity index (χ1) is 13.1. The molecule has 2 heterocycles. The maximum absolute atomic E-state index is 13.0. The number of thioether (sulfide) groups is 1. The number of nitrogens with zero attached hydrogens (tertiary/aromatic N) is 3. The van der Waals surface area contributed by atoms with Crippen LogP contribution >= 0.6 is 23.4 Å². The van der Waals surface area contributed by atoms with E-state index in [1.165, 1.54) is 23.9 Å². The first-order valence-corrected chi connectivity index (χ1v) is 9.62. The zero-order valence-electron chi connectivity index (χ0n) is 14.0. The number of pyridine rings is 1. The molecule has 3 aromatic rings. The first kappa shape index (κ1) is 17.9. The first-order valence-electron chi connectivity index (χ1n) is 8.26. The van der Waals surface area contributed by atoms with Crippen LogP contribution in [0.3, 0.4) is 0 Å². The second kappa shape index (κ2) is 7.66. The number of hydrogen-bond acceptors (Lipinski definition) is 6. The molecule has 1 fully saturated rings. The minimum atomic E-state index is -0.456. The van der Waals surface area contributed by atoms with Gasteiger partial charge in [0.15, 0.2) is 5.82 Å². The van der Waals surface area contributed by atoms with E-state index >= 15 is 0 Å². The average molecular weight is 405 g/mol. The third-order valence-electron chi connectivity index (χ3n) is 3.92. The van der Waals surface area contributed by atoms with Crippen molar-refractivity contribution >= 4 is 35.0 Å². The number of hydrogen-bond donors (Lipinski definition) is 1. The van der Waals surface area contributed by atoms with Crippen molar-refractivity contribution in [3.63, 3.8) is 0 Å². The van der Waals surface area contributed by atoms with Gasteiger partial charge in [0, 0.05) is 12.1 Å². The van der Waals surface area contributed by atoms with Crippen molar-refractivity contribution in [3.05, 3.63) is 53.2 Å². The zero-order valence-corrected chi connectivity index (χ0v) is 15.6. The molecule has 1 aromatic carbocycles. The van der Waals surface area contributed by atoms with Crippen LogP contribution < -0.4 is 5.32 Å². The Kier molecular flexibility index (Phi) is 5.09. The van der Waals surface area contributed by atoms with Crippen molar-refractivity contribution < 1.29 is 13.7 Å². The van der Waals surface area contributed by atoms with E-state index < -0.39 is 5.82 Å². The lowest BCUT2D eigenvalue weighted by Gasteiger charge is -2.07. The Morgan fingerprint density at radius 1 is 1.33 bits per heavy atom. The molecule has 1 aliphatic carbocycles. The third kappa shape index (κ3) is 4.45. The van der Waals surface area contributed by atoms with E-state index in [2.05, 4.69) is 20.4 Å². The van der Waals surface area contributed by atoms with Crippen LogP contribution in [0, 0.1) is 5.82 Å². The summed E-state index contributed by atoms with van der Waals surface area (Å²) >= 11 is 7.17. The van der Waals surface area contributed by atoms with Gasteiger partial charge in [0.1, 0.15) is 5.82 Å². The van der Waals surface area contributed by atoms with Gasteiger partial charge in [-0.25, -0.2) is 9.37 Å². The average Bonchev–Trinajstić information content (AvgIpc) is 3.40. The molecule has 4 rings (SSSR count). The molecule has 6 nitrogen and oxygen atoms in total. The maximum Gasteiger partial charge on any atom is 0.259 e. The lowest BCUT2D eigenvalue weighted by Crippen LogP contribution is -2.14. The van der Waals surface area contributed by atoms with Crippen molar-refractivity contribution in [1.29, 1.82) is 0 Å². The smallest absolute Gasteiger partial charge is 0.259 e. The van der Waals surface area contributed by atoms with Crippen molar-refractivity contribution in [1.82, 2.24) is 15.1 Å². The van der Waals surface area contributed by atoms with Crippen LogP contribution in [0.2, 0.25) is 5.02 Å². The van der Waals surface area contributed by atoms with E-state index in [4.69, 9.17) is 16.1 Å². The van der Waals surface area contributed by atoms with Gasteiger partial charge in [-0.2, -0.15) is 4.98 Å². The van der Waals surface area contributed by atoms with Crippen LogP contribution in [-0.2, 0) is 4.79 Å². The van der Waals surface area contributed by atoms with E-state index in [0.717, 1.165) is 30.3 Å². The molecule has 2 aromatic heterocycles. The summed E-state index contributed by atoms with van der Waals surface area (Å²) in [6.07, 6.45) is 3.86. The number of carbonyl (C=O) groups is 1. The van der Waals surface area contributed by atoms with Gasteiger partial charge < -0.3 is 9.84 Å². The van der Waals surface area contributed by atoms with Crippen LogP contribution in [0.25, 0.3) is 11.5 Å². The van der Waals surface area contributed by atoms with E-state index in [0.29, 0.717) is 22.5 Å². The fourth-order valence-corrected chi connectivity index (χ4v) is 3.23. The predicted octanol–water partition coefficient (Wildman–Crippen LogP) is 4.53. The van der Waals surface area contributed by atoms with Gasteiger partial charge in [0.05, 0.1) is 27.1 Å². The number of halogens is 2. The minimum absolute atomic E-state index is 0.145. The van der Waals surface area contributed by atoms with Gasteiger partial charge in [0.25, 0.3) is 5.89 Å². The summed E-state index contributed by atoms with van der Waals surface area (Å²) in [6.45, 7) is 0. The molecular formula is C18H14ClFN4O2S. The number of nitrogens with one attached hydrogen (secondary N) is 1. The van der Waals surface area contributed by atoms with E-state index in [9.17, 15) is 9.18 Å². The lowest BCUT2D eigenvalue weighted by atomic mass is 10.3. The summed E-state index contributed by atoms with van der Waals surface area (Å²) in [5, 5.41) is 7.46. The number of carbonyl (C=O) groups excluding carboxylic acids is 1. The van der Waals surface area contributed by atoms with Gasteiger partial charge >= 0.3 is 0 Å². The largest absolute Gasteiger partial charge is 0.334 e. The van der Waals surface area contributed by atoms with Crippen LogP contribution in [-0.4, -0.2) is 26.8 Å². The Labute approximate surface area is 163 Å². The molecule has 27 heavy (non-hydrogen) atoms. The summed E-state index contributed by atoms with van der Waals surface area (Å²) in [5.74, 6) is 1.06. The maximum atomic E-state index is 13.0. The Morgan fingerprint density at radius 3 is 2.89 bits per heavy atom. The van der Waals surface area contributed by atoms with Crippen molar-refractivity contribution in [3.8, 4) is 11.5 Å². The lowest BCUT2D eigenvalue weighted by molar-refractivity contribution is -0.113. The molecular weight excluding hydrogens is 391 g/mol. The normalized spacial score (nSPS) is 13.6. The zero-order chi connectivity index (χ0) is 18.8. The standard InChI is InChI=1S/C18H14ClFN4O2S/c19-13-7-12(20)4-5-14(13)22-15(25)9-27-16-6-3-11(8-21-16)18-23-17(24-26-18)10-1-2-10/h3-8,10H,1-2,9H2,(H,22,25). The second-order valence-electron chi connectivity index (χ2n) is 6.08. The van der Waals surface area contributed by atoms with E-state index in [1.807, 2.05) is 6.07 Å². The molecule has 0 radical (unpaired) electrons. The van der Waals surface area contributed by atoms with Crippen LogP contribution in [0.4, 0.5) is 10.1 Å². The Bertz CT molecular complexity index is 976. The van der Waals surface area contributed by atoms with Crippen LogP contribution in [0.15, 0.2) is 46.1 Å². The van der Waals surface area contributed by atoms with Crippen molar-refractivity contribution in [2.24, 2.45) is 0 Å². The highest BCUT2D eigenvalue weighted by Gasteiger charge is 2.29. The summed E-state index contributed by atoms with van der Waals surface area (Å²) in [6, 6.07) is 7.43. The molecule has 0 aliphatic heterocycles. The molecule has 1 amide bonds. The summed E-state index contributed by atoms with van der Waals surface area (Å²) in [4.78, 5) is 20.7. The second-order valence-corrected chi connectivity index (χ2v) is 7.48. The molecule has 0 unspecified atom stereocenters. The fourth-order valence-electron chi connectivity index (χ4n) is 2.37. The Morgan fingerprint density at radius 2 is 2.19 bits per heavy atom. The van der Waals surface area contributed by atoms with E-state index in [-0.39, 0.29) is 16.7 Å². The summed E-state index contributed by atoms with van der Waals surface area (Å²) in [7, 11) is 0. The van der Waals surface area contributed by atoms with E-state index in [1.54, 1.807) is 12.3 Å². The SMILES string of the molecule is O=C(CSc1ccc(-c2nc(C3CC3)no2)cn1)Nc1ccc(F)cc1Cl. The van der Waals surface area contributed by atoms with Gasteiger partial charge in [0.2, 0.25) is 5.91 Å². The highest BCUT2D eigenvalue weighted by molar-refractivity contribution is 7.99. The van der Waals surface area contributed by atoms with Gasteiger partial charge in [-0.1, -0.05) is 28.5 Å². The molecule has 0 spiro atoms. The topological polar surface area (TPSA) is 80.9 Å². The molecule has 9 heteroatoms. The Balaban J connectivity index is 1.33. The number of benzene rings is 1. The minimum Gasteiger partial charge on any atom is -0.334 e. The van der Waals surface area contributed by atoms with Crippen molar-refractivity contribution in [2.45, 2.75) is 23.8 Å². The highest BCUT2D eigenvalue weighted by Crippen LogP contribution is 2.38. The molecule has 0 bridgehead atoms. The summed E-state index contributed by atoms with van der Waals surface area (Å²) < 4.78 is 18.3. The molecule has 1 aliphatic rings. The molecule has 138 valence electrons. The number of anilines is 1. The monoisotopic (exact) mass is 404 g/mol. The van der Waals surface area contributed by atoms with Gasteiger partial charge in [-0.3, -0.25) is 4.79 Å². The Hall–Kier alpha value is -2.45. The molecule has 0 saturated heterocycles. The van der Waals surface area contributed by atoms with Gasteiger partial charge in [-0.05, 0) is 43.2 Å². The van der Waals surface area contributed by atoms with Gasteiger partial charge in [-0.15, -0.1) is 0 Å². The number of rotatable bonds is 6. The van der Waals surface area contributed by atoms with Crippen LogP contribution in [0.5, 0.6) is 0 Å². The van der Waals surface area contributed by atoms with Crippen LogP contribution in [0.1, 0.15) is 24.6 Å². The number of amides is 1.